The maximum absolute atomic E-state index is 5.05. The first-order valence-electron chi connectivity index (χ1n) is 9.39. The van der Waals surface area contributed by atoms with Gasteiger partial charge in [0.1, 0.15) is 0 Å². The lowest BCUT2D eigenvalue weighted by Gasteiger charge is -2.14. The molecule has 134 valence electrons. The van der Waals surface area contributed by atoms with E-state index in [9.17, 15) is 0 Å². The second kappa shape index (κ2) is 7.07. The highest BCUT2D eigenvalue weighted by atomic mass is 14.8. The number of allylic oxidation sites excluding steroid dienone is 4. The van der Waals surface area contributed by atoms with Gasteiger partial charge in [-0.3, -0.25) is 4.99 Å². The number of rotatable bonds is 3. The Bertz CT molecular complexity index is 944. The van der Waals surface area contributed by atoms with E-state index in [4.69, 9.17) is 4.99 Å². The molecule has 0 fully saturated rings. The van der Waals surface area contributed by atoms with Crippen molar-refractivity contribution in [2.45, 2.75) is 54.9 Å². The van der Waals surface area contributed by atoms with Crippen LogP contribution in [0.2, 0.25) is 0 Å². The molecular weight excluding hydrogens is 314 g/mol. The highest BCUT2D eigenvalue weighted by molar-refractivity contribution is 6.05. The van der Waals surface area contributed by atoms with Gasteiger partial charge in [0, 0.05) is 11.3 Å². The Hall–Kier alpha value is -2.41. The Kier molecular flexibility index (Phi) is 5.00. The molecule has 1 aliphatic carbocycles. The van der Waals surface area contributed by atoms with Crippen LogP contribution in [-0.4, -0.2) is 5.71 Å². The monoisotopic (exact) mass is 343 g/mol. The summed E-state index contributed by atoms with van der Waals surface area (Å²) in [7, 11) is 0. The highest BCUT2D eigenvalue weighted by Gasteiger charge is 2.20. The summed E-state index contributed by atoms with van der Waals surface area (Å²) in [4.78, 5) is 5.05. The van der Waals surface area contributed by atoms with E-state index in [1.54, 1.807) is 0 Å². The maximum Gasteiger partial charge on any atom is 0.0691 e. The quantitative estimate of drug-likeness (QED) is 0.520. The van der Waals surface area contributed by atoms with Gasteiger partial charge < -0.3 is 0 Å². The minimum Gasteiger partial charge on any atom is -0.253 e. The number of nitrogens with zero attached hydrogens (tertiary/aromatic N) is 1. The fraction of sp³-hybridized carbons (Fsp3) is 0.320. The Morgan fingerprint density at radius 1 is 0.846 bits per heavy atom. The predicted octanol–water partition coefficient (Wildman–Crippen LogP) is 7.27. The fourth-order valence-corrected chi connectivity index (χ4v) is 4.01. The molecule has 0 aromatic heterocycles. The summed E-state index contributed by atoms with van der Waals surface area (Å²) < 4.78 is 0. The van der Waals surface area contributed by atoms with Crippen molar-refractivity contribution in [3.63, 3.8) is 0 Å². The summed E-state index contributed by atoms with van der Waals surface area (Å²) in [6, 6.07) is 13.1. The van der Waals surface area contributed by atoms with E-state index in [0.29, 0.717) is 0 Å². The molecule has 0 bridgehead atoms. The highest BCUT2D eigenvalue weighted by Crippen LogP contribution is 2.39. The third-order valence-corrected chi connectivity index (χ3v) is 5.65. The van der Waals surface area contributed by atoms with Crippen LogP contribution in [0.15, 0.2) is 58.1 Å². The summed E-state index contributed by atoms with van der Waals surface area (Å²) in [6.07, 6.45) is 1.05. The molecule has 0 N–H and O–H groups in total. The van der Waals surface area contributed by atoms with Crippen molar-refractivity contribution in [1.82, 2.24) is 0 Å². The minimum atomic E-state index is 1.05. The Balaban J connectivity index is 2.10. The van der Waals surface area contributed by atoms with Gasteiger partial charge in [0.2, 0.25) is 0 Å². The van der Waals surface area contributed by atoms with Crippen molar-refractivity contribution in [2.75, 3.05) is 0 Å². The molecular formula is C25H29N. The number of hydrogen-bond acceptors (Lipinski definition) is 1. The molecule has 1 heteroatoms. The van der Waals surface area contributed by atoms with Gasteiger partial charge in [0.05, 0.1) is 5.69 Å². The summed E-state index contributed by atoms with van der Waals surface area (Å²) >= 11 is 0. The average molecular weight is 344 g/mol. The van der Waals surface area contributed by atoms with Crippen molar-refractivity contribution in [3.8, 4) is 0 Å². The fourth-order valence-electron chi connectivity index (χ4n) is 4.01. The summed E-state index contributed by atoms with van der Waals surface area (Å²) in [5.41, 5.74) is 14.3. The maximum atomic E-state index is 5.05. The van der Waals surface area contributed by atoms with Gasteiger partial charge >= 0.3 is 0 Å². The van der Waals surface area contributed by atoms with Crippen molar-refractivity contribution in [2.24, 2.45) is 4.99 Å². The van der Waals surface area contributed by atoms with Gasteiger partial charge in [0.15, 0.2) is 0 Å². The first-order chi connectivity index (χ1) is 12.3. The average Bonchev–Trinajstić information content (AvgIpc) is 2.85. The number of aryl methyl sites for hydroxylation is 3. The molecule has 26 heavy (non-hydrogen) atoms. The smallest absolute Gasteiger partial charge is 0.0691 e. The molecule has 1 nitrogen and oxygen atoms in total. The second-order valence-electron chi connectivity index (χ2n) is 7.68. The molecule has 0 spiro atoms. The molecule has 0 saturated heterocycles. The lowest BCUT2D eigenvalue weighted by molar-refractivity contribution is 1.22. The lowest BCUT2D eigenvalue weighted by atomic mass is 9.93. The van der Waals surface area contributed by atoms with Gasteiger partial charge in [-0.25, -0.2) is 0 Å². The molecule has 2 aromatic rings. The molecule has 0 amide bonds. The second-order valence-corrected chi connectivity index (χ2v) is 7.68. The van der Waals surface area contributed by atoms with Gasteiger partial charge in [-0.15, -0.1) is 0 Å². The third kappa shape index (κ3) is 3.31. The van der Waals surface area contributed by atoms with Crippen LogP contribution in [0, 0.1) is 20.8 Å². The molecule has 0 heterocycles. The molecule has 2 aromatic carbocycles. The number of aliphatic imine (C=N–C) groups is 1. The lowest BCUT2D eigenvalue weighted by Crippen LogP contribution is -2.01. The molecule has 1 aliphatic rings. The van der Waals surface area contributed by atoms with Gasteiger partial charge in [-0.05, 0) is 88.3 Å². The molecule has 0 atom stereocenters. The van der Waals surface area contributed by atoms with Crippen molar-refractivity contribution in [1.29, 1.82) is 0 Å². The number of hydrogen-bond donors (Lipinski definition) is 0. The Morgan fingerprint density at radius 3 is 2.04 bits per heavy atom. The zero-order valence-corrected chi connectivity index (χ0v) is 17.1. The largest absolute Gasteiger partial charge is 0.253 e. The van der Waals surface area contributed by atoms with Crippen LogP contribution < -0.4 is 0 Å². The zero-order valence-electron chi connectivity index (χ0n) is 17.1. The van der Waals surface area contributed by atoms with E-state index in [-0.39, 0.29) is 0 Å². The minimum absolute atomic E-state index is 1.05. The van der Waals surface area contributed by atoms with E-state index in [1.807, 2.05) is 0 Å². The van der Waals surface area contributed by atoms with Crippen LogP contribution in [0.4, 0.5) is 5.69 Å². The molecule has 3 rings (SSSR count). The van der Waals surface area contributed by atoms with Crippen LogP contribution in [-0.2, 0) is 0 Å². The van der Waals surface area contributed by atoms with Crippen LogP contribution >= 0.6 is 0 Å². The first kappa shape index (κ1) is 18.4. The molecule has 0 aliphatic heterocycles. The van der Waals surface area contributed by atoms with Crippen LogP contribution in [0.3, 0.4) is 0 Å². The zero-order chi connectivity index (χ0) is 19.0. The van der Waals surface area contributed by atoms with Crippen LogP contribution in [0.25, 0.3) is 5.57 Å². The SMILES string of the molecule is CC1=C(C)C(C)=C(c2ccccc2/C(C)=N/c2c(C)cc(C)cc2C)C1. The van der Waals surface area contributed by atoms with Crippen molar-refractivity contribution in [3.05, 3.63) is 80.9 Å². The van der Waals surface area contributed by atoms with Gasteiger partial charge in [0.25, 0.3) is 0 Å². The first-order valence-corrected chi connectivity index (χ1v) is 9.39. The summed E-state index contributed by atoms with van der Waals surface area (Å²) in [6.45, 7) is 15.3. The summed E-state index contributed by atoms with van der Waals surface area (Å²) in [5, 5.41) is 0. The molecule has 0 saturated carbocycles. The standard InChI is InChI=1S/C25H29N/c1-15-12-17(3)25(18(4)13-15)26-21(7)22-10-8-9-11-23(22)24-14-16(2)19(5)20(24)6/h8-13H,14H2,1-7H3/b26-21+. The van der Waals surface area contributed by atoms with Gasteiger partial charge in [-0.2, -0.15) is 0 Å². The summed E-state index contributed by atoms with van der Waals surface area (Å²) in [5.74, 6) is 0. The Labute approximate surface area is 158 Å². The topological polar surface area (TPSA) is 12.4 Å². The molecule has 0 radical (unpaired) electrons. The molecule has 0 unspecified atom stereocenters. The van der Waals surface area contributed by atoms with E-state index in [0.717, 1.165) is 17.8 Å². The van der Waals surface area contributed by atoms with Crippen LogP contribution in [0.5, 0.6) is 0 Å². The number of benzene rings is 2. The van der Waals surface area contributed by atoms with Crippen LogP contribution in [0.1, 0.15) is 61.9 Å². The van der Waals surface area contributed by atoms with Crippen molar-refractivity contribution >= 4 is 17.0 Å². The van der Waals surface area contributed by atoms with E-state index >= 15 is 0 Å². The Morgan fingerprint density at radius 2 is 1.46 bits per heavy atom. The van der Waals surface area contributed by atoms with Gasteiger partial charge in [-0.1, -0.05) is 47.5 Å². The van der Waals surface area contributed by atoms with E-state index < -0.39 is 0 Å². The third-order valence-electron chi connectivity index (χ3n) is 5.65. The van der Waals surface area contributed by atoms with Crippen molar-refractivity contribution < 1.29 is 0 Å². The van der Waals surface area contributed by atoms with E-state index in [1.165, 1.54) is 50.1 Å². The predicted molar refractivity (Wildman–Crippen MR) is 115 cm³/mol. The van der Waals surface area contributed by atoms with E-state index in [2.05, 4.69) is 84.9 Å². The normalized spacial score (nSPS) is 15.3.